The molecule has 1 aromatic heterocycles. The number of hydrogen-bond donors (Lipinski definition) is 0. The van der Waals surface area contributed by atoms with Crippen LogP contribution in [0, 0.1) is 5.92 Å². The van der Waals surface area contributed by atoms with Gasteiger partial charge in [0.15, 0.2) is 0 Å². The van der Waals surface area contributed by atoms with Crippen molar-refractivity contribution in [3.8, 4) is 0 Å². The minimum atomic E-state index is -2.96. The van der Waals surface area contributed by atoms with E-state index in [-0.39, 0.29) is 23.4 Å². The van der Waals surface area contributed by atoms with E-state index in [1.54, 1.807) is 0 Å². The fourth-order valence-electron chi connectivity index (χ4n) is 4.92. The number of rotatable bonds is 7. The lowest BCUT2D eigenvalue weighted by Crippen LogP contribution is -2.39. The normalized spacial score (nSPS) is 26.3. The zero-order valence-corrected chi connectivity index (χ0v) is 19.8. The third-order valence-electron chi connectivity index (χ3n) is 6.80. The average molecular weight is 459 g/mol. The fourth-order valence-corrected chi connectivity index (χ4v) is 4.92. The molecular formula is C24H37F3N2O3. The molecule has 8 heteroatoms. The van der Waals surface area contributed by atoms with Gasteiger partial charge in [-0.2, -0.15) is 0 Å². The second kappa shape index (κ2) is 9.74. The van der Waals surface area contributed by atoms with E-state index in [1.165, 1.54) is 0 Å². The number of ether oxygens (including phenoxy) is 1. The van der Waals surface area contributed by atoms with Gasteiger partial charge >= 0.3 is 5.97 Å². The van der Waals surface area contributed by atoms with Gasteiger partial charge in [0.25, 0.3) is 5.92 Å². The number of carbonyl (C=O) groups is 1. The Balaban J connectivity index is 1.40. The van der Waals surface area contributed by atoms with Gasteiger partial charge in [0.2, 0.25) is 0 Å². The van der Waals surface area contributed by atoms with E-state index in [9.17, 15) is 13.6 Å². The van der Waals surface area contributed by atoms with Gasteiger partial charge < -0.3 is 14.2 Å². The third kappa shape index (κ3) is 6.96. The molecule has 182 valence electrons. The first-order chi connectivity index (χ1) is 14.8. The first kappa shape index (κ1) is 25.1. The Morgan fingerprint density at radius 3 is 2.38 bits per heavy atom. The van der Waals surface area contributed by atoms with Gasteiger partial charge in [-0.25, -0.2) is 13.2 Å². The molecule has 2 fully saturated rings. The molecule has 5 nitrogen and oxygen atoms in total. The van der Waals surface area contributed by atoms with Crippen LogP contribution in [0.25, 0.3) is 0 Å². The Kier molecular flexibility index (Phi) is 7.62. The molecule has 0 radical (unpaired) electrons. The summed E-state index contributed by atoms with van der Waals surface area (Å²) in [6, 6.07) is 0. The molecule has 0 atom stereocenters. The Hall–Kier alpha value is -1.57. The van der Waals surface area contributed by atoms with Crippen LogP contribution in [0.4, 0.5) is 13.2 Å². The van der Waals surface area contributed by atoms with Crippen molar-refractivity contribution in [3.05, 3.63) is 17.5 Å². The van der Waals surface area contributed by atoms with Crippen molar-refractivity contribution in [3.63, 3.8) is 0 Å². The second-order valence-corrected chi connectivity index (χ2v) is 10.8. The summed E-state index contributed by atoms with van der Waals surface area (Å²) in [5.74, 6) is -3.02. The van der Waals surface area contributed by atoms with Crippen LogP contribution in [0.3, 0.4) is 0 Å². The number of nitrogens with zero attached hydrogens (tertiary/aromatic N) is 2. The first-order valence-electron chi connectivity index (χ1n) is 11.8. The summed E-state index contributed by atoms with van der Waals surface area (Å²) in [6.07, 6.45) is 5.68. The van der Waals surface area contributed by atoms with Crippen molar-refractivity contribution in [2.24, 2.45) is 5.92 Å². The lowest BCUT2D eigenvalue weighted by molar-refractivity contribution is -0.156. The van der Waals surface area contributed by atoms with Crippen LogP contribution in [0.1, 0.15) is 96.2 Å². The van der Waals surface area contributed by atoms with Crippen LogP contribution >= 0.6 is 0 Å². The summed E-state index contributed by atoms with van der Waals surface area (Å²) < 4.78 is 53.0. The zero-order chi connectivity index (χ0) is 23.6. The van der Waals surface area contributed by atoms with E-state index < -0.39 is 17.2 Å². The van der Waals surface area contributed by atoms with Crippen molar-refractivity contribution >= 4 is 5.97 Å². The number of likely N-dealkylation sites (tertiary alicyclic amines) is 1. The van der Waals surface area contributed by atoms with Crippen LogP contribution in [0.5, 0.6) is 0 Å². The van der Waals surface area contributed by atoms with Crippen LogP contribution in [-0.2, 0) is 15.5 Å². The van der Waals surface area contributed by atoms with E-state index in [1.807, 2.05) is 20.8 Å². The number of aromatic nitrogens is 1. The van der Waals surface area contributed by atoms with Gasteiger partial charge in [-0.15, -0.1) is 0 Å². The van der Waals surface area contributed by atoms with Crippen molar-refractivity contribution in [1.29, 1.82) is 0 Å². The highest BCUT2D eigenvalue weighted by atomic mass is 19.3. The lowest BCUT2D eigenvalue weighted by atomic mass is 9.77. The molecule has 3 rings (SSSR count). The molecule has 1 aliphatic heterocycles. The zero-order valence-electron chi connectivity index (χ0n) is 19.8. The number of hydrogen-bond acceptors (Lipinski definition) is 5. The summed E-state index contributed by atoms with van der Waals surface area (Å²) >= 11 is 0. The second-order valence-electron chi connectivity index (χ2n) is 10.8. The van der Waals surface area contributed by atoms with E-state index in [0.717, 1.165) is 26.3 Å². The highest BCUT2D eigenvalue weighted by Crippen LogP contribution is 2.40. The first-order valence-corrected chi connectivity index (χ1v) is 11.8. The highest BCUT2D eigenvalue weighted by Gasteiger charge is 2.38. The summed E-state index contributed by atoms with van der Waals surface area (Å²) in [4.78, 5) is 14.3. The Morgan fingerprint density at radius 1 is 1.19 bits per heavy atom. The van der Waals surface area contributed by atoms with E-state index in [2.05, 4.69) is 10.1 Å². The van der Waals surface area contributed by atoms with Gasteiger partial charge in [0.05, 0.1) is 11.3 Å². The summed E-state index contributed by atoms with van der Waals surface area (Å²) in [7, 11) is 0. The van der Waals surface area contributed by atoms with E-state index in [0.29, 0.717) is 63.6 Å². The number of esters is 1. The molecule has 0 bridgehead atoms. The van der Waals surface area contributed by atoms with Gasteiger partial charge in [-0.3, -0.25) is 4.79 Å². The van der Waals surface area contributed by atoms with Gasteiger partial charge in [-0.05, 0) is 84.7 Å². The minimum Gasteiger partial charge on any atom is -0.460 e. The molecule has 1 aliphatic carbocycles. The van der Waals surface area contributed by atoms with Gasteiger partial charge in [0, 0.05) is 25.8 Å². The summed E-state index contributed by atoms with van der Waals surface area (Å²) in [5, 5.41) is 3.84. The molecule has 0 amide bonds. The van der Waals surface area contributed by atoms with Crippen LogP contribution < -0.4 is 0 Å². The maximum atomic E-state index is 15.3. The molecule has 1 saturated carbocycles. The average Bonchev–Trinajstić information content (AvgIpc) is 3.18. The van der Waals surface area contributed by atoms with E-state index >= 15 is 4.39 Å². The number of carbonyl (C=O) groups excluding carboxylic acids is 1. The largest absolute Gasteiger partial charge is 0.460 e. The van der Waals surface area contributed by atoms with Gasteiger partial charge in [0.1, 0.15) is 17.5 Å². The maximum absolute atomic E-state index is 15.3. The Morgan fingerprint density at radius 2 is 1.81 bits per heavy atom. The Bertz CT molecular complexity index is 753. The van der Waals surface area contributed by atoms with Crippen LogP contribution in [-0.4, -0.2) is 46.9 Å². The molecule has 2 aliphatic rings. The third-order valence-corrected chi connectivity index (χ3v) is 6.80. The van der Waals surface area contributed by atoms with Crippen molar-refractivity contribution in [2.75, 3.05) is 19.6 Å². The number of halogens is 3. The molecule has 32 heavy (non-hydrogen) atoms. The monoisotopic (exact) mass is 458 g/mol. The minimum absolute atomic E-state index is 0.0477. The van der Waals surface area contributed by atoms with E-state index in [4.69, 9.17) is 9.26 Å². The van der Waals surface area contributed by atoms with Crippen LogP contribution in [0.2, 0.25) is 0 Å². The molecule has 2 heterocycles. The SMILES string of the molecule is CC(C)(C)OC(=O)CC1CCC(F)(CCN2CCC(c3nocc3C(C)(F)F)CC2)CC1. The summed E-state index contributed by atoms with van der Waals surface area (Å²) in [6.45, 7) is 8.56. The van der Waals surface area contributed by atoms with Crippen molar-refractivity contribution in [2.45, 2.75) is 102 Å². The highest BCUT2D eigenvalue weighted by molar-refractivity contribution is 5.70. The lowest BCUT2D eigenvalue weighted by Gasteiger charge is -2.37. The molecule has 0 unspecified atom stereocenters. The Labute approximate surface area is 189 Å². The predicted molar refractivity (Wildman–Crippen MR) is 115 cm³/mol. The quantitative estimate of drug-likeness (QED) is 0.470. The molecular weight excluding hydrogens is 421 g/mol. The fraction of sp³-hybridized carbons (Fsp3) is 0.833. The predicted octanol–water partition coefficient (Wildman–Crippen LogP) is 5.99. The van der Waals surface area contributed by atoms with Gasteiger partial charge in [-0.1, -0.05) is 5.16 Å². The topological polar surface area (TPSA) is 55.6 Å². The molecule has 0 spiro atoms. The smallest absolute Gasteiger partial charge is 0.306 e. The molecule has 1 saturated heterocycles. The summed E-state index contributed by atoms with van der Waals surface area (Å²) in [5.41, 5.74) is -1.44. The van der Waals surface area contributed by atoms with Crippen molar-refractivity contribution in [1.82, 2.24) is 10.1 Å². The molecule has 1 aromatic rings. The number of alkyl halides is 3. The van der Waals surface area contributed by atoms with Crippen LogP contribution in [0.15, 0.2) is 10.8 Å². The molecule has 0 aromatic carbocycles. The maximum Gasteiger partial charge on any atom is 0.306 e. The van der Waals surface area contributed by atoms with Crippen molar-refractivity contribution < 1.29 is 27.2 Å². The standard InChI is InChI=1S/C24H37F3N2O3/c1-22(2,3)32-20(30)15-17-5-9-24(27,10-6-17)11-14-29-12-7-18(8-13-29)21-19(16-31-28-21)23(4,25)26/h16-18H,5-15H2,1-4H3. The number of piperidine rings is 1. The molecule has 0 N–H and O–H groups in total.